The first-order valence-electron chi connectivity index (χ1n) is 10.4. The SMILES string of the molecule is Cc1ccccc1-c1cc2nc(-c3c(C(C)C)cccc3C(C)C)oc2c[n+]1C. The summed E-state index contributed by atoms with van der Waals surface area (Å²) in [5.74, 6) is 1.52. The minimum atomic E-state index is 0.400. The highest BCUT2D eigenvalue weighted by Crippen LogP contribution is 2.37. The molecule has 0 aliphatic rings. The van der Waals surface area contributed by atoms with Crippen LogP contribution in [0.3, 0.4) is 0 Å². The maximum atomic E-state index is 6.31. The summed E-state index contributed by atoms with van der Waals surface area (Å²) in [4.78, 5) is 4.95. The van der Waals surface area contributed by atoms with Crippen molar-refractivity contribution >= 4 is 11.1 Å². The van der Waals surface area contributed by atoms with Gasteiger partial charge in [0.2, 0.25) is 23.4 Å². The zero-order chi connectivity index (χ0) is 20.7. The van der Waals surface area contributed by atoms with Crippen molar-refractivity contribution in [3.63, 3.8) is 0 Å². The van der Waals surface area contributed by atoms with Gasteiger partial charge in [0, 0.05) is 17.2 Å². The predicted octanol–water partition coefficient (Wildman–Crippen LogP) is 6.54. The molecule has 0 bridgehead atoms. The van der Waals surface area contributed by atoms with Crippen molar-refractivity contribution in [2.75, 3.05) is 0 Å². The molecule has 2 aromatic heterocycles. The Balaban J connectivity index is 1.94. The van der Waals surface area contributed by atoms with Gasteiger partial charge < -0.3 is 4.42 Å². The van der Waals surface area contributed by atoms with E-state index in [1.54, 1.807) is 0 Å². The lowest BCUT2D eigenvalue weighted by atomic mass is 9.88. The molecule has 0 N–H and O–H groups in total. The highest BCUT2D eigenvalue weighted by atomic mass is 16.3. The van der Waals surface area contributed by atoms with E-state index in [0.29, 0.717) is 11.8 Å². The molecular weight excluding hydrogens is 356 g/mol. The van der Waals surface area contributed by atoms with Crippen LogP contribution in [0.4, 0.5) is 0 Å². The molecule has 0 fully saturated rings. The Labute approximate surface area is 173 Å². The van der Waals surface area contributed by atoms with Gasteiger partial charge in [-0.2, -0.15) is 4.57 Å². The van der Waals surface area contributed by atoms with Gasteiger partial charge >= 0.3 is 0 Å². The molecule has 29 heavy (non-hydrogen) atoms. The standard InChI is InChI=1S/C26H29N2O/c1-16(2)19-12-9-13-20(17(3)4)25(19)26-27-22-14-23(28(6)15-24(22)29-26)21-11-8-7-10-18(21)5/h7-17H,1-6H3/q+1. The Bertz CT molecular complexity index is 1160. The molecule has 0 radical (unpaired) electrons. The molecule has 0 aliphatic carbocycles. The number of benzene rings is 2. The fraction of sp³-hybridized carbons (Fsp3) is 0.308. The third kappa shape index (κ3) is 3.46. The first-order valence-corrected chi connectivity index (χ1v) is 10.4. The summed E-state index contributed by atoms with van der Waals surface area (Å²) < 4.78 is 8.43. The average molecular weight is 386 g/mol. The number of hydrogen-bond acceptors (Lipinski definition) is 2. The molecule has 0 atom stereocenters. The first kappa shape index (κ1) is 19.4. The van der Waals surface area contributed by atoms with Crippen LogP contribution >= 0.6 is 0 Å². The van der Waals surface area contributed by atoms with Gasteiger partial charge in [0.15, 0.2) is 0 Å². The Hall–Kier alpha value is -2.94. The lowest BCUT2D eigenvalue weighted by Gasteiger charge is -2.17. The van der Waals surface area contributed by atoms with Crippen molar-refractivity contribution in [1.29, 1.82) is 0 Å². The lowest BCUT2D eigenvalue weighted by molar-refractivity contribution is -0.659. The molecule has 148 valence electrons. The molecule has 0 unspecified atom stereocenters. The molecule has 0 saturated carbocycles. The lowest BCUT2D eigenvalue weighted by Crippen LogP contribution is -2.30. The molecule has 4 rings (SSSR count). The van der Waals surface area contributed by atoms with E-state index in [0.717, 1.165) is 28.2 Å². The number of aromatic nitrogens is 2. The molecule has 2 heterocycles. The second kappa shape index (κ2) is 7.47. The summed E-state index contributed by atoms with van der Waals surface area (Å²) in [5.41, 5.74) is 9.02. The summed E-state index contributed by atoms with van der Waals surface area (Å²) in [6, 6.07) is 17.1. The van der Waals surface area contributed by atoms with Crippen LogP contribution < -0.4 is 4.57 Å². The van der Waals surface area contributed by atoms with Gasteiger partial charge in [-0.15, -0.1) is 0 Å². The summed E-state index contributed by atoms with van der Waals surface area (Å²) in [6.07, 6.45) is 2.04. The second-order valence-corrected chi connectivity index (χ2v) is 8.47. The highest BCUT2D eigenvalue weighted by molar-refractivity contribution is 5.80. The van der Waals surface area contributed by atoms with Crippen LogP contribution in [0.15, 0.2) is 59.1 Å². The second-order valence-electron chi connectivity index (χ2n) is 8.47. The summed E-state index contributed by atoms with van der Waals surface area (Å²) in [5, 5.41) is 0. The maximum absolute atomic E-state index is 6.31. The Kier molecular flexibility index (Phi) is 4.99. The van der Waals surface area contributed by atoms with Crippen LogP contribution in [0, 0.1) is 6.92 Å². The van der Waals surface area contributed by atoms with Crippen LogP contribution in [0.25, 0.3) is 33.8 Å². The third-order valence-electron chi connectivity index (χ3n) is 5.65. The Morgan fingerprint density at radius 3 is 2.17 bits per heavy atom. The van der Waals surface area contributed by atoms with E-state index in [9.17, 15) is 0 Å². The molecule has 0 amide bonds. The highest BCUT2D eigenvalue weighted by Gasteiger charge is 2.22. The minimum Gasteiger partial charge on any atom is -0.430 e. The van der Waals surface area contributed by atoms with E-state index in [1.165, 1.54) is 22.3 Å². The first-order chi connectivity index (χ1) is 13.9. The van der Waals surface area contributed by atoms with E-state index in [4.69, 9.17) is 9.40 Å². The monoisotopic (exact) mass is 385 g/mol. The van der Waals surface area contributed by atoms with E-state index in [1.807, 2.05) is 6.20 Å². The molecule has 4 aromatic rings. The zero-order valence-corrected chi connectivity index (χ0v) is 18.2. The van der Waals surface area contributed by atoms with Gasteiger partial charge in [0.05, 0.1) is 0 Å². The number of oxazole rings is 1. The largest absolute Gasteiger partial charge is 0.430 e. The number of fused-ring (bicyclic) bond motifs is 1. The minimum absolute atomic E-state index is 0.400. The van der Waals surface area contributed by atoms with Gasteiger partial charge in [-0.05, 0) is 41.5 Å². The third-order valence-corrected chi connectivity index (χ3v) is 5.65. The quantitative estimate of drug-likeness (QED) is 0.373. The fourth-order valence-electron chi connectivity index (χ4n) is 4.05. The van der Waals surface area contributed by atoms with Crippen molar-refractivity contribution in [3.05, 3.63) is 71.4 Å². The maximum Gasteiger partial charge on any atom is 0.228 e. The summed E-state index contributed by atoms with van der Waals surface area (Å²) in [7, 11) is 2.06. The van der Waals surface area contributed by atoms with Crippen LogP contribution in [0.5, 0.6) is 0 Å². The van der Waals surface area contributed by atoms with E-state index >= 15 is 0 Å². The van der Waals surface area contributed by atoms with Crippen molar-refractivity contribution in [3.8, 4) is 22.7 Å². The zero-order valence-electron chi connectivity index (χ0n) is 18.2. The molecule has 3 nitrogen and oxygen atoms in total. The van der Waals surface area contributed by atoms with Crippen molar-refractivity contribution < 1.29 is 8.98 Å². The number of hydrogen-bond donors (Lipinski definition) is 0. The Morgan fingerprint density at radius 1 is 0.897 bits per heavy atom. The van der Waals surface area contributed by atoms with Crippen LogP contribution in [0.1, 0.15) is 56.2 Å². The number of aryl methyl sites for hydroxylation is 2. The number of nitrogens with zero attached hydrogens (tertiary/aromatic N) is 2. The molecule has 2 aromatic carbocycles. The van der Waals surface area contributed by atoms with Crippen LogP contribution in [0.2, 0.25) is 0 Å². The van der Waals surface area contributed by atoms with Crippen molar-refractivity contribution in [2.45, 2.75) is 46.5 Å². The van der Waals surface area contributed by atoms with Gasteiger partial charge in [-0.3, -0.25) is 0 Å². The van der Waals surface area contributed by atoms with E-state index in [2.05, 4.69) is 94.8 Å². The van der Waals surface area contributed by atoms with Crippen LogP contribution in [-0.4, -0.2) is 4.98 Å². The van der Waals surface area contributed by atoms with Gasteiger partial charge in [-0.25, -0.2) is 4.98 Å². The summed E-state index contributed by atoms with van der Waals surface area (Å²) >= 11 is 0. The normalized spacial score (nSPS) is 11.7. The molecular formula is C26H29N2O+. The molecule has 0 spiro atoms. The Morgan fingerprint density at radius 2 is 1.55 bits per heavy atom. The number of pyridine rings is 1. The van der Waals surface area contributed by atoms with Gasteiger partial charge in [-0.1, -0.05) is 64.1 Å². The number of rotatable bonds is 4. The molecule has 0 aliphatic heterocycles. The van der Waals surface area contributed by atoms with Crippen molar-refractivity contribution in [1.82, 2.24) is 4.98 Å². The average Bonchev–Trinajstić information content (AvgIpc) is 3.09. The smallest absolute Gasteiger partial charge is 0.228 e. The van der Waals surface area contributed by atoms with E-state index in [-0.39, 0.29) is 0 Å². The topological polar surface area (TPSA) is 29.9 Å². The molecule has 0 saturated heterocycles. The van der Waals surface area contributed by atoms with Crippen molar-refractivity contribution in [2.24, 2.45) is 7.05 Å². The van der Waals surface area contributed by atoms with Gasteiger partial charge in [0.1, 0.15) is 12.6 Å². The van der Waals surface area contributed by atoms with E-state index < -0.39 is 0 Å². The van der Waals surface area contributed by atoms with Gasteiger partial charge in [0.25, 0.3) is 0 Å². The predicted molar refractivity (Wildman–Crippen MR) is 119 cm³/mol. The van der Waals surface area contributed by atoms with Crippen LogP contribution in [-0.2, 0) is 7.05 Å². The fourth-order valence-corrected chi connectivity index (χ4v) is 4.05. The molecule has 3 heteroatoms. The summed E-state index contributed by atoms with van der Waals surface area (Å²) in [6.45, 7) is 11.0.